The van der Waals surface area contributed by atoms with Gasteiger partial charge in [0, 0.05) is 19.6 Å². The van der Waals surface area contributed by atoms with Crippen molar-refractivity contribution in [3.63, 3.8) is 0 Å². The van der Waals surface area contributed by atoms with Crippen LogP contribution < -0.4 is 0 Å². The predicted octanol–water partition coefficient (Wildman–Crippen LogP) is 2.37. The highest BCUT2D eigenvalue weighted by Crippen LogP contribution is 2.48. The van der Waals surface area contributed by atoms with Crippen molar-refractivity contribution in [3.05, 3.63) is 35.4 Å². The summed E-state index contributed by atoms with van der Waals surface area (Å²) in [6.07, 6.45) is -3.89. The van der Waals surface area contributed by atoms with Crippen LogP contribution in [0, 0.1) is 5.92 Å². The average Bonchev–Trinajstić information content (AvgIpc) is 3.30. The van der Waals surface area contributed by atoms with Crippen LogP contribution in [0.5, 0.6) is 0 Å². The van der Waals surface area contributed by atoms with Crippen LogP contribution in [0.2, 0.25) is 0 Å². The van der Waals surface area contributed by atoms with Gasteiger partial charge in [0.25, 0.3) is 0 Å². The first-order chi connectivity index (χ1) is 11.2. The van der Waals surface area contributed by atoms with Crippen LogP contribution in [0.25, 0.3) is 0 Å². The van der Waals surface area contributed by atoms with Crippen LogP contribution in [0.15, 0.2) is 24.3 Å². The summed E-state index contributed by atoms with van der Waals surface area (Å²) in [5.74, 6) is -1.98. The maximum absolute atomic E-state index is 12.6. The fraction of sp³-hybridized carbons (Fsp3) is 0.500. The molecular weight excluding hydrogens is 327 g/mol. The lowest BCUT2D eigenvalue weighted by atomic mass is 10.1. The number of carboxylic acids is 1. The van der Waals surface area contributed by atoms with Crippen LogP contribution in [-0.2, 0) is 20.5 Å². The molecule has 1 fully saturated rings. The normalized spacial score (nSPS) is 19.8. The lowest BCUT2D eigenvalue weighted by Gasteiger charge is -2.20. The molecule has 0 heterocycles. The SMILES string of the molecule is COCCN(CC(=O)O)C(=O)C1CC1c1ccc(C(F)(F)F)cc1. The number of hydrogen-bond donors (Lipinski definition) is 1. The quantitative estimate of drug-likeness (QED) is 0.824. The average molecular weight is 345 g/mol. The van der Waals surface area contributed by atoms with Crippen molar-refractivity contribution in [1.82, 2.24) is 4.90 Å². The van der Waals surface area contributed by atoms with Gasteiger partial charge in [-0.1, -0.05) is 12.1 Å². The second-order valence-corrected chi connectivity index (χ2v) is 5.71. The van der Waals surface area contributed by atoms with E-state index in [1.165, 1.54) is 24.1 Å². The van der Waals surface area contributed by atoms with Crippen molar-refractivity contribution in [2.45, 2.75) is 18.5 Å². The Kier molecular flexibility index (Phi) is 5.48. The van der Waals surface area contributed by atoms with Crippen molar-refractivity contribution in [2.75, 3.05) is 26.8 Å². The molecule has 24 heavy (non-hydrogen) atoms. The van der Waals surface area contributed by atoms with E-state index in [9.17, 15) is 22.8 Å². The molecule has 1 aliphatic rings. The van der Waals surface area contributed by atoms with E-state index in [-0.39, 0.29) is 25.0 Å². The Morgan fingerprint density at radius 1 is 1.29 bits per heavy atom. The summed E-state index contributed by atoms with van der Waals surface area (Å²) >= 11 is 0. The molecule has 1 aromatic rings. The van der Waals surface area contributed by atoms with Gasteiger partial charge in [0.2, 0.25) is 5.91 Å². The van der Waals surface area contributed by atoms with Crippen LogP contribution in [-0.4, -0.2) is 48.7 Å². The molecule has 2 atom stereocenters. The van der Waals surface area contributed by atoms with Gasteiger partial charge in [-0.25, -0.2) is 0 Å². The highest BCUT2D eigenvalue weighted by molar-refractivity contribution is 5.86. The van der Waals surface area contributed by atoms with E-state index >= 15 is 0 Å². The Hall–Kier alpha value is -2.09. The number of nitrogens with zero attached hydrogens (tertiary/aromatic N) is 1. The number of aliphatic carboxylic acids is 1. The fourth-order valence-corrected chi connectivity index (χ4v) is 2.62. The Bertz CT molecular complexity index is 600. The first-order valence-corrected chi connectivity index (χ1v) is 7.40. The first-order valence-electron chi connectivity index (χ1n) is 7.40. The van der Waals surface area contributed by atoms with Crippen molar-refractivity contribution in [3.8, 4) is 0 Å². The number of carbonyl (C=O) groups is 2. The molecule has 1 aromatic carbocycles. The summed E-state index contributed by atoms with van der Waals surface area (Å²) in [5, 5.41) is 8.88. The molecule has 1 N–H and O–H groups in total. The summed E-state index contributed by atoms with van der Waals surface area (Å²) in [5.41, 5.74) is -0.0780. The molecule has 0 spiro atoms. The number of ether oxygens (including phenoxy) is 1. The third-order valence-electron chi connectivity index (χ3n) is 3.98. The number of methoxy groups -OCH3 is 1. The molecule has 2 rings (SSSR count). The number of alkyl halides is 3. The van der Waals surface area contributed by atoms with E-state index in [0.29, 0.717) is 12.0 Å². The smallest absolute Gasteiger partial charge is 0.416 e. The number of rotatable bonds is 7. The fourth-order valence-electron chi connectivity index (χ4n) is 2.62. The maximum atomic E-state index is 12.6. The van der Waals surface area contributed by atoms with Gasteiger partial charge < -0.3 is 14.7 Å². The van der Waals surface area contributed by atoms with Gasteiger partial charge >= 0.3 is 12.1 Å². The zero-order valence-electron chi connectivity index (χ0n) is 13.0. The summed E-state index contributed by atoms with van der Waals surface area (Å²) in [7, 11) is 1.45. The molecule has 5 nitrogen and oxygen atoms in total. The van der Waals surface area contributed by atoms with Crippen LogP contribution in [0.4, 0.5) is 13.2 Å². The number of benzene rings is 1. The minimum Gasteiger partial charge on any atom is -0.480 e. The largest absolute Gasteiger partial charge is 0.480 e. The van der Waals surface area contributed by atoms with Crippen LogP contribution in [0.1, 0.15) is 23.5 Å². The van der Waals surface area contributed by atoms with Crippen molar-refractivity contribution < 1.29 is 32.6 Å². The van der Waals surface area contributed by atoms with E-state index in [2.05, 4.69) is 0 Å². The molecule has 132 valence electrons. The third-order valence-corrected chi connectivity index (χ3v) is 3.98. The molecule has 1 saturated carbocycles. The highest BCUT2D eigenvalue weighted by atomic mass is 19.4. The van der Waals surface area contributed by atoms with Crippen molar-refractivity contribution in [1.29, 1.82) is 0 Å². The zero-order valence-corrected chi connectivity index (χ0v) is 13.0. The predicted molar refractivity (Wildman–Crippen MR) is 78.4 cm³/mol. The van der Waals surface area contributed by atoms with E-state index in [1.54, 1.807) is 0 Å². The van der Waals surface area contributed by atoms with Gasteiger partial charge in [-0.3, -0.25) is 9.59 Å². The first kappa shape index (κ1) is 18.3. The van der Waals surface area contributed by atoms with Gasteiger partial charge in [-0.2, -0.15) is 13.2 Å². The minimum atomic E-state index is -4.39. The summed E-state index contributed by atoms with van der Waals surface area (Å²) in [4.78, 5) is 24.5. The Morgan fingerprint density at radius 2 is 1.92 bits per heavy atom. The molecule has 0 saturated heterocycles. The number of halogens is 3. The molecule has 8 heteroatoms. The van der Waals surface area contributed by atoms with Gasteiger partial charge in [0.05, 0.1) is 12.2 Å². The number of amides is 1. The van der Waals surface area contributed by atoms with Gasteiger partial charge in [-0.05, 0) is 30.0 Å². The second kappa shape index (κ2) is 7.21. The molecule has 0 bridgehead atoms. The summed E-state index contributed by atoms with van der Waals surface area (Å²) in [6, 6.07) is 4.74. The summed E-state index contributed by atoms with van der Waals surface area (Å²) in [6.45, 7) is -0.0347. The van der Waals surface area contributed by atoms with E-state index < -0.39 is 30.2 Å². The van der Waals surface area contributed by atoms with Gasteiger partial charge in [0.1, 0.15) is 6.54 Å². The molecule has 1 amide bonds. The van der Waals surface area contributed by atoms with Crippen LogP contribution in [0.3, 0.4) is 0 Å². The van der Waals surface area contributed by atoms with E-state index in [0.717, 1.165) is 12.1 Å². The third kappa shape index (κ3) is 4.47. The Labute approximate surface area is 137 Å². The number of carboxylic acid groups (broad SMARTS) is 1. The molecule has 1 aliphatic carbocycles. The van der Waals surface area contributed by atoms with E-state index in [4.69, 9.17) is 9.84 Å². The monoisotopic (exact) mass is 345 g/mol. The van der Waals surface area contributed by atoms with Crippen molar-refractivity contribution >= 4 is 11.9 Å². The lowest BCUT2D eigenvalue weighted by molar-refractivity contribution is -0.145. The second-order valence-electron chi connectivity index (χ2n) is 5.71. The lowest BCUT2D eigenvalue weighted by Crippen LogP contribution is -2.39. The van der Waals surface area contributed by atoms with Gasteiger partial charge in [-0.15, -0.1) is 0 Å². The molecular formula is C16H18F3NO4. The summed E-state index contributed by atoms with van der Waals surface area (Å²) < 4.78 is 42.5. The Balaban J connectivity index is 2.01. The molecule has 0 aliphatic heterocycles. The molecule has 2 unspecified atom stereocenters. The Morgan fingerprint density at radius 3 is 2.42 bits per heavy atom. The number of carbonyl (C=O) groups excluding carboxylic acids is 1. The van der Waals surface area contributed by atoms with Crippen LogP contribution >= 0.6 is 0 Å². The minimum absolute atomic E-state index is 0.165. The highest BCUT2D eigenvalue weighted by Gasteiger charge is 2.46. The molecule has 0 radical (unpaired) electrons. The van der Waals surface area contributed by atoms with E-state index in [1.807, 2.05) is 0 Å². The number of hydrogen-bond acceptors (Lipinski definition) is 3. The standard InChI is InChI=1S/C16H18F3NO4/c1-24-7-6-20(9-14(21)22)15(23)13-8-12(13)10-2-4-11(5-3-10)16(17,18)19/h2-5,12-13H,6-9H2,1H3,(H,21,22). The maximum Gasteiger partial charge on any atom is 0.416 e. The van der Waals surface area contributed by atoms with Crippen molar-refractivity contribution in [2.24, 2.45) is 5.92 Å². The molecule has 0 aromatic heterocycles. The topological polar surface area (TPSA) is 66.8 Å². The van der Waals surface area contributed by atoms with Gasteiger partial charge in [0.15, 0.2) is 0 Å². The zero-order chi connectivity index (χ0) is 17.9.